The van der Waals surface area contributed by atoms with Crippen LogP contribution in [0.2, 0.25) is 0 Å². The Bertz CT molecular complexity index is 2030. The molecule has 2 unspecified atom stereocenters. The molecule has 0 spiro atoms. The largest absolute Gasteiger partial charge is 0.310 e. The van der Waals surface area contributed by atoms with Gasteiger partial charge in [0.2, 0.25) is 0 Å². The summed E-state index contributed by atoms with van der Waals surface area (Å²) in [4.78, 5) is 3.78. The monoisotopic (exact) mass is 852 g/mol. The van der Waals surface area contributed by atoms with Gasteiger partial charge in [-0.15, -0.1) is 39.5 Å². The quantitative estimate of drug-likeness (QED) is 0.0921. The first-order chi connectivity index (χ1) is 29.2. The van der Waals surface area contributed by atoms with E-state index in [-0.39, 0.29) is 23.3 Å². The molecule has 62 heavy (non-hydrogen) atoms. The zero-order valence-corrected chi connectivity index (χ0v) is 41.4. The van der Waals surface area contributed by atoms with Crippen molar-refractivity contribution in [1.82, 2.24) is 0 Å². The summed E-state index contributed by atoms with van der Waals surface area (Å²) in [6, 6.07) is 30.6. The van der Waals surface area contributed by atoms with E-state index in [1.165, 1.54) is 66.5 Å². The van der Waals surface area contributed by atoms with Gasteiger partial charge in [-0.1, -0.05) is 170 Å². The molecule has 1 nitrogen and oxygen atoms in total. The second-order valence-electron chi connectivity index (χ2n) is 15.6. The van der Waals surface area contributed by atoms with E-state index in [9.17, 15) is 0 Å². The first kappa shape index (κ1) is 58.9. The van der Waals surface area contributed by atoms with Gasteiger partial charge in [-0.05, 0) is 140 Å². The fourth-order valence-corrected chi connectivity index (χ4v) is 9.00. The number of allylic oxidation sites excluding steroid dienone is 7. The average Bonchev–Trinajstić information content (AvgIpc) is 3.27. The Morgan fingerprint density at radius 1 is 0.694 bits per heavy atom. The summed E-state index contributed by atoms with van der Waals surface area (Å²) in [5, 5.41) is 0.581. The molecule has 1 aliphatic carbocycles. The first-order valence-corrected chi connectivity index (χ1v) is 23.1. The minimum atomic E-state index is 0. The molecule has 0 amide bonds. The number of aryl methyl sites for hydroxylation is 4. The molecule has 0 fully saturated rings. The minimum Gasteiger partial charge on any atom is -0.310 e. The molecule has 0 aromatic heterocycles. The third-order valence-electron chi connectivity index (χ3n) is 10.5. The summed E-state index contributed by atoms with van der Waals surface area (Å²) in [5.41, 5.74) is 15.4. The summed E-state index contributed by atoms with van der Waals surface area (Å²) in [6.45, 7) is 50.7. The molecular weight excluding hydrogens is 767 g/mol. The highest BCUT2D eigenvalue weighted by molar-refractivity contribution is 8.18. The molecule has 336 valence electrons. The number of benzene rings is 4. The molecule has 2 heteroatoms. The van der Waals surface area contributed by atoms with Crippen LogP contribution in [0.1, 0.15) is 115 Å². The molecule has 3 atom stereocenters. The Morgan fingerprint density at radius 3 is 1.63 bits per heavy atom. The molecule has 0 saturated heterocycles. The van der Waals surface area contributed by atoms with Gasteiger partial charge in [0.1, 0.15) is 0 Å². The number of hydrogen-bond acceptors (Lipinski definition) is 1. The van der Waals surface area contributed by atoms with Gasteiger partial charge in [-0.2, -0.15) is 10.5 Å². The van der Waals surface area contributed by atoms with Gasteiger partial charge in [-0.25, -0.2) is 0 Å². The lowest BCUT2D eigenvalue weighted by molar-refractivity contribution is 0.571. The van der Waals surface area contributed by atoms with Crippen molar-refractivity contribution in [2.75, 3.05) is 4.90 Å². The van der Waals surface area contributed by atoms with Crippen LogP contribution in [0.15, 0.2) is 177 Å². The van der Waals surface area contributed by atoms with Crippen LogP contribution in [-0.2, 0) is 5.41 Å². The van der Waals surface area contributed by atoms with E-state index >= 15 is 0 Å². The Labute approximate surface area is 385 Å². The zero-order chi connectivity index (χ0) is 46.9. The standard InChI is InChI=1S/C40H47NS.C11H16.C2H6.3C2H4.CH4/c1-10-16-34(11-2)42(9)35-23-25-36(32(7)27-35)28(3)21-24-37-29(4)22-26-40(33(37)8)41(38-19-14-12-17-30(38)5)39-20-15-13-18-31(39)6;1-9-5-7-10(8-6-9)11(2,3)4;4*1-2;/h10-22,24-26,32,35H,3,9,23,27H2,1-2,4-8H3;5-8H,1-4H3;1-2H3;3*1-2H2;1H4/b16-10-,24-21-,34-11+;;;;;;/t32-,35?,42?;;;;;;/m1....../s1. The van der Waals surface area contributed by atoms with Gasteiger partial charge in [0.05, 0.1) is 0 Å². The average molecular weight is 852 g/mol. The van der Waals surface area contributed by atoms with E-state index < -0.39 is 0 Å². The molecule has 4 aromatic rings. The topological polar surface area (TPSA) is 3.24 Å². The Balaban J connectivity index is 0. The van der Waals surface area contributed by atoms with E-state index in [4.69, 9.17) is 0 Å². The Kier molecular flexibility index (Phi) is 29.3. The fraction of sp³-hybridized carbons (Fsp3) is 0.317. The van der Waals surface area contributed by atoms with Crippen molar-refractivity contribution >= 4 is 39.5 Å². The minimum absolute atomic E-state index is 0. The third-order valence-corrected chi connectivity index (χ3v) is 12.6. The van der Waals surface area contributed by atoms with Crippen LogP contribution in [0.25, 0.3) is 6.08 Å². The molecule has 0 bridgehead atoms. The summed E-state index contributed by atoms with van der Waals surface area (Å²) in [7, 11) is 0.00221. The van der Waals surface area contributed by atoms with E-state index in [0.29, 0.717) is 11.2 Å². The Morgan fingerprint density at radius 2 is 1.19 bits per heavy atom. The first-order valence-electron chi connectivity index (χ1n) is 21.7. The van der Waals surface area contributed by atoms with E-state index in [2.05, 4.69) is 254 Å². The maximum Gasteiger partial charge on any atom is 0.0497 e. The fourth-order valence-electron chi connectivity index (χ4n) is 7.15. The van der Waals surface area contributed by atoms with Crippen LogP contribution in [0.4, 0.5) is 17.1 Å². The third kappa shape index (κ3) is 16.9. The van der Waals surface area contributed by atoms with Crippen LogP contribution in [0.3, 0.4) is 0 Å². The maximum absolute atomic E-state index is 4.57. The molecule has 4 aromatic carbocycles. The van der Waals surface area contributed by atoms with E-state index in [1.54, 1.807) is 0 Å². The second kappa shape index (κ2) is 30.8. The highest BCUT2D eigenvalue weighted by Gasteiger charge is 2.24. The van der Waals surface area contributed by atoms with Crippen molar-refractivity contribution in [2.24, 2.45) is 5.92 Å². The molecule has 0 aliphatic heterocycles. The number of hydrogen-bond donors (Lipinski definition) is 0. The molecule has 5 rings (SSSR count). The van der Waals surface area contributed by atoms with Gasteiger partial charge in [0.15, 0.2) is 0 Å². The SMILES string of the molecule is C.C=C.C=C.C=C.C=C(/C=C\c1c(C)ccc(N(c2ccccc2C)c2ccccc2C)c1C)C1=CCC(S(=C)C(/C=C\C)=C/C)C[C@H]1C.CC.Cc1ccc(C(C)(C)C)cc1. The lowest BCUT2D eigenvalue weighted by atomic mass is 9.84. The van der Waals surface area contributed by atoms with Crippen molar-refractivity contribution in [1.29, 1.82) is 0 Å². The Hall–Kier alpha value is -5.18. The number of nitrogens with zero attached hydrogens (tertiary/aromatic N) is 1. The highest BCUT2D eigenvalue weighted by atomic mass is 32.2. The van der Waals surface area contributed by atoms with Gasteiger partial charge in [-0.3, -0.25) is 0 Å². The molecule has 0 radical (unpaired) electrons. The maximum atomic E-state index is 4.57. The summed E-state index contributed by atoms with van der Waals surface area (Å²) in [6.07, 6.45) is 15.7. The van der Waals surface area contributed by atoms with Crippen molar-refractivity contribution in [3.8, 4) is 0 Å². The van der Waals surface area contributed by atoms with Crippen LogP contribution in [0, 0.1) is 40.5 Å². The van der Waals surface area contributed by atoms with Crippen molar-refractivity contribution in [3.63, 3.8) is 0 Å². The number of rotatable bonds is 9. The normalized spacial score (nSPS) is 14.8. The van der Waals surface area contributed by atoms with Crippen LogP contribution >= 0.6 is 10.5 Å². The zero-order valence-electron chi connectivity index (χ0n) is 40.6. The number of anilines is 3. The smallest absolute Gasteiger partial charge is 0.0497 e. The molecule has 0 saturated carbocycles. The van der Waals surface area contributed by atoms with Gasteiger partial charge >= 0.3 is 0 Å². The molecule has 0 heterocycles. The summed E-state index contributed by atoms with van der Waals surface area (Å²) < 4.78 is 0. The second-order valence-corrected chi connectivity index (χ2v) is 17.6. The van der Waals surface area contributed by atoms with Crippen LogP contribution in [0.5, 0.6) is 0 Å². The van der Waals surface area contributed by atoms with Crippen LogP contribution in [-0.4, -0.2) is 11.1 Å². The predicted molar refractivity (Wildman–Crippen MR) is 294 cm³/mol. The lowest BCUT2D eigenvalue weighted by Gasteiger charge is -2.31. The van der Waals surface area contributed by atoms with Crippen molar-refractivity contribution in [2.45, 2.75) is 121 Å². The van der Waals surface area contributed by atoms with Crippen molar-refractivity contribution < 1.29 is 0 Å². The summed E-state index contributed by atoms with van der Waals surface area (Å²) >= 11 is 0. The highest BCUT2D eigenvalue weighted by Crippen LogP contribution is 2.43. The molecule has 0 N–H and O–H groups in total. The van der Waals surface area contributed by atoms with E-state index in [1.807, 2.05) is 13.8 Å². The predicted octanol–water partition coefficient (Wildman–Crippen LogP) is 19.2. The van der Waals surface area contributed by atoms with Crippen LogP contribution < -0.4 is 4.90 Å². The summed E-state index contributed by atoms with van der Waals surface area (Å²) in [5.74, 6) is 5.03. The number of para-hydroxylation sites is 2. The lowest BCUT2D eigenvalue weighted by Crippen LogP contribution is -2.17. The molecule has 1 aliphatic rings. The van der Waals surface area contributed by atoms with Gasteiger partial charge in [0.25, 0.3) is 0 Å². The van der Waals surface area contributed by atoms with Gasteiger partial charge < -0.3 is 4.90 Å². The molecular formula is C60H85NS. The van der Waals surface area contributed by atoms with Crippen molar-refractivity contribution in [3.05, 3.63) is 216 Å². The van der Waals surface area contributed by atoms with E-state index in [0.717, 1.165) is 18.4 Å². The van der Waals surface area contributed by atoms with Gasteiger partial charge in [0, 0.05) is 22.3 Å².